The molecule has 1 heterocycles. The molecule has 0 fully saturated rings. The van der Waals surface area contributed by atoms with Gasteiger partial charge in [0, 0.05) is 35.9 Å². The summed E-state index contributed by atoms with van der Waals surface area (Å²) in [4.78, 5) is 33.3. The molecule has 0 aliphatic heterocycles. The standard InChI is InChI=1S/C28H31Cl2FN6O3/c1-16(2)12-23(37-28(39)25(30)31)27(38)36-17-7-9-22(32)20(13-17)26(33-3)35-18-8-10-24(21(29)14-18)40-15-19-6-4-5-11-34-19/h4-11,13-14,16,23,25H,12,15,32H2,1-3H3,(H,33,35)(H,36,38)(H,37,39)/t23-,25?/m1/s1. The van der Waals surface area contributed by atoms with Crippen molar-refractivity contribution in [3.8, 4) is 5.75 Å². The van der Waals surface area contributed by atoms with E-state index in [2.05, 4.69) is 25.9 Å². The van der Waals surface area contributed by atoms with Crippen LogP contribution in [-0.4, -0.2) is 41.4 Å². The number of halogens is 3. The minimum absolute atomic E-state index is 0.0491. The molecule has 0 saturated carbocycles. The van der Waals surface area contributed by atoms with E-state index in [1.807, 2.05) is 32.0 Å². The van der Waals surface area contributed by atoms with Crippen molar-refractivity contribution in [1.29, 1.82) is 0 Å². The van der Waals surface area contributed by atoms with Crippen molar-refractivity contribution < 1.29 is 18.7 Å². The number of aromatic nitrogens is 1. The third-order valence-corrected chi connectivity index (χ3v) is 6.13. The normalized spacial score (nSPS) is 12.9. The van der Waals surface area contributed by atoms with E-state index in [-0.39, 0.29) is 18.9 Å². The Morgan fingerprint density at radius 1 is 1.07 bits per heavy atom. The number of anilines is 3. The second-order valence-corrected chi connectivity index (χ2v) is 10.0. The molecule has 0 spiro atoms. The van der Waals surface area contributed by atoms with Crippen molar-refractivity contribution in [1.82, 2.24) is 10.3 Å². The lowest BCUT2D eigenvalue weighted by Gasteiger charge is -2.21. The molecule has 2 amide bonds. The van der Waals surface area contributed by atoms with E-state index in [0.29, 0.717) is 39.2 Å². The Morgan fingerprint density at radius 2 is 1.80 bits per heavy atom. The van der Waals surface area contributed by atoms with Crippen LogP contribution < -0.4 is 26.4 Å². The van der Waals surface area contributed by atoms with Crippen molar-refractivity contribution in [2.24, 2.45) is 10.9 Å². The maximum Gasteiger partial charge on any atom is 0.270 e. The van der Waals surface area contributed by atoms with Gasteiger partial charge in [-0.15, -0.1) is 0 Å². The van der Waals surface area contributed by atoms with E-state index in [9.17, 15) is 14.0 Å². The number of nitrogens with two attached hydrogens (primary N) is 1. The van der Waals surface area contributed by atoms with Crippen molar-refractivity contribution >= 4 is 57.9 Å². The number of amides is 2. The van der Waals surface area contributed by atoms with Gasteiger partial charge in [-0.2, -0.15) is 0 Å². The molecule has 5 N–H and O–H groups in total. The number of hydrogen-bond donors (Lipinski definition) is 4. The first-order valence-corrected chi connectivity index (χ1v) is 13.2. The third kappa shape index (κ3) is 8.82. The van der Waals surface area contributed by atoms with Crippen LogP contribution in [0.25, 0.3) is 0 Å². The van der Waals surface area contributed by atoms with E-state index in [1.54, 1.807) is 49.6 Å². The molecule has 0 bridgehead atoms. The summed E-state index contributed by atoms with van der Waals surface area (Å²) >= 11 is 11.7. The first-order valence-electron chi connectivity index (χ1n) is 12.4. The van der Waals surface area contributed by atoms with Crippen LogP contribution in [0.3, 0.4) is 0 Å². The predicted octanol–water partition coefficient (Wildman–Crippen LogP) is 5.39. The van der Waals surface area contributed by atoms with E-state index in [4.69, 9.17) is 33.7 Å². The number of nitrogens with zero attached hydrogens (tertiary/aromatic N) is 2. The quantitative estimate of drug-likeness (QED) is 0.103. The maximum atomic E-state index is 13.2. The fourth-order valence-electron chi connectivity index (χ4n) is 3.72. The van der Waals surface area contributed by atoms with Gasteiger partial charge in [-0.25, -0.2) is 4.39 Å². The average Bonchev–Trinajstić information content (AvgIpc) is 2.92. The van der Waals surface area contributed by atoms with Crippen LogP contribution >= 0.6 is 23.2 Å². The van der Waals surface area contributed by atoms with Crippen molar-refractivity contribution in [3.63, 3.8) is 0 Å². The number of pyridine rings is 1. The van der Waals surface area contributed by atoms with Gasteiger partial charge in [-0.05, 0) is 60.9 Å². The number of rotatable bonds is 11. The monoisotopic (exact) mass is 588 g/mol. The number of aliphatic imine (C=N–C) groups is 1. The molecule has 0 aliphatic rings. The topological polar surface area (TPSA) is 131 Å². The fourth-order valence-corrected chi connectivity index (χ4v) is 4.02. The van der Waals surface area contributed by atoms with E-state index >= 15 is 0 Å². The third-order valence-electron chi connectivity index (χ3n) is 5.63. The molecule has 3 aromatic rings. The highest BCUT2D eigenvalue weighted by Gasteiger charge is 2.25. The molecule has 0 saturated heterocycles. The Labute approximate surface area is 242 Å². The molecule has 0 radical (unpaired) electrons. The summed E-state index contributed by atoms with van der Waals surface area (Å²) in [5.74, 6) is -0.634. The number of nitrogen functional groups attached to an aromatic ring is 1. The molecule has 40 heavy (non-hydrogen) atoms. The van der Waals surface area contributed by atoms with Crippen LogP contribution in [0.15, 0.2) is 65.8 Å². The molecule has 9 nitrogen and oxygen atoms in total. The molecule has 3 rings (SSSR count). The van der Waals surface area contributed by atoms with Gasteiger partial charge in [0.1, 0.15) is 24.2 Å². The molecule has 212 valence electrons. The Morgan fingerprint density at radius 3 is 2.42 bits per heavy atom. The van der Waals surface area contributed by atoms with Gasteiger partial charge in [0.25, 0.3) is 11.5 Å². The van der Waals surface area contributed by atoms with Crippen LogP contribution in [0.5, 0.6) is 5.75 Å². The Kier molecular flexibility index (Phi) is 11.1. The zero-order valence-electron chi connectivity index (χ0n) is 22.3. The largest absolute Gasteiger partial charge is 0.486 e. The highest BCUT2D eigenvalue weighted by molar-refractivity contribution is 6.32. The minimum Gasteiger partial charge on any atom is -0.486 e. The summed E-state index contributed by atoms with van der Waals surface area (Å²) in [7, 11) is 1.59. The van der Waals surface area contributed by atoms with Gasteiger partial charge in [0.05, 0.1) is 10.7 Å². The molecular formula is C28H31Cl2FN6O3. The summed E-state index contributed by atoms with van der Waals surface area (Å²) < 4.78 is 19.0. The lowest BCUT2D eigenvalue weighted by molar-refractivity contribution is -0.128. The fraction of sp³-hybridized carbons (Fsp3) is 0.286. The van der Waals surface area contributed by atoms with Crippen LogP contribution in [0, 0.1) is 5.92 Å². The molecule has 1 aromatic heterocycles. The van der Waals surface area contributed by atoms with E-state index < -0.39 is 23.5 Å². The first kappa shape index (κ1) is 30.6. The van der Waals surface area contributed by atoms with Gasteiger partial charge in [0.2, 0.25) is 5.91 Å². The zero-order chi connectivity index (χ0) is 29.2. The van der Waals surface area contributed by atoms with Crippen LogP contribution in [0.4, 0.5) is 21.5 Å². The van der Waals surface area contributed by atoms with Gasteiger partial charge >= 0.3 is 0 Å². The van der Waals surface area contributed by atoms with Crippen molar-refractivity contribution in [2.75, 3.05) is 23.4 Å². The SMILES string of the molecule is CN=C(Nc1ccc(OCc2ccccn2)c(Cl)c1)c1cc(NC(=O)[C@@H](CC(C)C)NC(=O)C(F)Cl)ccc1N. The van der Waals surface area contributed by atoms with E-state index in [1.165, 1.54) is 0 Å². The van der Waals surface area contributed by atoms with Crippen molar-refractivity contribution in [3.05, 3.63) is 77.1 Å². The zero-order valence-corrected chi connectivity index (χ0v) is 23.8. The smallest absolute Gasteiger partial charge is 0.270 e. The lowest BCUT2D eigenvalue weighted by Crippen LogP contribution is -2.46. The predicted molar refractivity (Wildman–Crippen MR) is 158 cm³/mol. The molecule has 1 unspecified atom stereocenters. The number of alkyl halides is 2. The molecule has 12 heteroatoms. The van der Waals surface area contributed by atoms with Crippen molar-refractivity contribution in [2.45, 2.75) is 38.5 Å². The minimum atomic E-state index is -2.25. The number of ether oxygens (including phenoxy) is 1. The summed E-state index contributed by atoms with van der Waals surface area (Å²) in [6.07, 6.45) is 1.98. The maximum absolute atomic E-state index is 13.2. The van der Waals surface area contributed by atoms with Crippen LogP contribution in [0.2, 0.25) is 5.02 Å². The molecular weight excluding hydrogens is 558 g/mol. The number of amidine groups is 1. The second-order valence-electron chi connectivity index (χ2n) is 9.23. The van der Waals surface area contributed by atoms with Gasteiger partial charge in [-0.1, -0.05) is 43.1 Å². The highest BCUT2D eigenvalue weighted by Crippen LogP contribution is 2.29. The average molecular weight is 589 g/mol. The van der Waals surface area contributed by atoms with Gasteiger partial charge in [-0.3, -0.25) is 19.6 Å². The van der Waals surface area contributed by atoms with Crippen LogP contribution in [0.1, 0.15) is 31.5 Å². The summed E-state index contributed by atoms with van der Waals surface area (Å²) in [5, 5.41) is 8.66. The van der Waals surface area contributed by atoms with Gasteiger partial charge < -0.3 is 26.4 Å². The van der Waals surface area contributed by atoms with Gasteiger partial charge in [0.15, 0.2) is 0 Å². The summed E-state index contributed by atoms with van der Waals surface area (Å²) in [6, 6.07) is 14.6. The summed E-state index contributed by atoms with van der Waals surface area (Å²) in [5.41, 5.74) is 6.69. The first-order chi connectivity index (χ1) is 19.1. The highest BCUT2D eigenvalue weighted by atomic mass is 35.5. The molecule has 0 aliphatic carbocycles. The van der Waals surface area contributed by atoms with Crippen LogP contribution in [-0.2, 0) is 16.2 Å². The number of benzene rings is 2. The Balaban J connectivity index is 1.73. The Hall–Kier alpha value is -3.89. The Bertz CT molecular complexity index is 1360. The number of nitrogens with one attached hydrogen (secondary N) is 3. The van der Waals surface area contributed by atoms with E-state index in [0.717, 1.165) is 5.69 Å². The number of carbonyl (C=O) groups excluding carboxylic acids is 2. The molecule has 2 atom stereocenters. The lowest BCUT2D eigenvalue weighted by atomic mass is 10.0. The number of carbonyl (C=O) groups is 2. The number of hydrogen-bond acceptors (Lipinski definition) is 6. The second kappa shape index (κ2) is 14.5. The molecule has 2 aromatic carbocycles. The summed E-state index contributed by atoms with van der Waals surface area (Å²) in [6.45, 7) is 4.02.